The van der Waals surface area contributed by atoms with E-state index in [0.29, 0.717) is 13.0 Å². The highest BCUT2D eigenvalue weighted by Crippen LogP contribution is 2.14. The Morgan fingerprint density at radius 2 is 1.00 bits per heavy atom. The maximum atomic E-state index is 10.4. The van der Waals surface area contributed by atoms with Crippen molar-refractivity contribution in [3.63, 3.8) is 0 Å². The average Bonchev–Trinajstić information content (AvgIpc) is 2.50. The molecule has 0 spiro atoms. The van der Waals surface area contributed by atoms with Crippen molar-refractivity contribution in [2.24, 2.45) is 0 Å². The zero-order valence-corrected chi connectivity index (χ0v) is 14.8. The van der Waals surface area contributed by atoms with E-state index in [1.165, 1.54) is 70.6 Å². The summed E-state index contributed by atoms with van der Waals surface area (Å²) in [5.41, 5.74) is 0. The van der Waals surface area contributed by atoms with Gasteiger partial charge in [0.15, 0.2) is 0 Å². The van der Waals surface area contributed by atoms with Crippen molar-refractivity contribution in [1.29, 1.82) is 0 Å². The number of carboxylic acid groups (broad SMARTS) is 1. The summed E-state index contributed by atoms with van der Waals surface area (Å²) in [6.45, 7) is 0.336. The van der Waals surface area contributed by atoms with Crippen LogP contribution in [0.25, 0.3) is 0 Å². The van der Waals surface area contributed by atoms with Gasteiger partial charge in [0.2, 0.25) is 0 Å². The average molecular weight is 331 g/mol. The van der Waals surface area contributed by atoms with Crippen LogP contribution in [0.4, 0.5) is 0 Å². The minimum absolute atomic E-state index is 0.124. The number of carboxylic acids is 1. The van der Waals surface area contributed by atoms with Gasteiger partial charge in [-0.1, -0.05) is 83.5 Å². The number of aliphatic hydroxyl groups excluding tert-OH is 2. The van der Waals surface area contributed by atoms with Crippen LogP contribution in [-0.4, -0.2) is 34.0 Å². The molecule has 3 N–H and O–H groups in total. The number of hydrogen-bond acceptors (Lipinski definition) is 3. The lowest BCUT2D eigenvalue weighted by Gasteiger charge is -2.07. The summed E-state index contributed by atoms with van der Waals surface area (Å²) < 4.78 is 0. The van der Waals surface area contributed by atoms with Gasteiger partial charge in [0, 0.05) is 6.61 Å². The first-order chi connectivity index (χ1) is 11.2. The first-order valence-electron chi connectivity index (χ1n) is 9.67. The van der Waals surface area contributed by atoms with Gasteiger partial charge in [-0.25, -0.2) is 0 Å². The normalized spacial score (nSPS) is 12.4. The third-order valence-corrected chi connectivity index (χ3v) is 4.36. The molecule has 0 aliphatic heterocycles. The molecule has 0 aromatic heterocycles. The van der Waals surface area contributed by atoms with Gasteiger partial charge in [-0.3, -0.25) is 4.79 Å². The van der Waals surface area contributed by atoms with E-state index >= 15 is 0 Å². The molecule has 0 aliphatic rings. The molecule has 0 amide bonds. The minimum atomic E-state index is -0.914. The molecule has 0 saturated carbocycles. The van der Waals surface area contributed by atoms with Gasteiger partial charge >= 0.3 is 5.97 Å². The molecule has 0 aromatic carbocycles. The van der Waals surface area contributed by atoms with Crippen LogP contribution in [0, 0.1) is 0 Å². The largest absolute Gasteiger partial charge is 0.481 e. The predicted molar refractivity (Wildman–Crippen MR) is 94.6 cm³/mol. The van der Waals surface area contributed by atoms with E-state index in [2.05, 4.69) is 0 Å². The molecule has 0 fully saturated rings. The number of unbranched alkanes of at least 4 members (excludes halogenated alkanes) is 13. The highest BCUT2D eigenvalue weighted by atomic mass is 16.4. The van der Waals surface area contributed by atoms with E-state index in [4.69, 9.17) is 10.2 Å². The monoisotopic (exact) mass is 330 g/mol. The lowest BCUT2D eigenvalue weighted by Crippen LogP contribution is -2.12. The van der Waals surface area contributed by atoms with E-state index < -0.39 is 12.1 Å². The van der Waals surface area contributed by atoms with Gasteiger partial charge in [0.05, 0.1) is 12.5 Å². The molecular formula is C19H38O4. The maximum Gasteiger partial charge on any atom is 0.305 e. The summed E-state index contributed by atoms with van der Waals surface area (Å²) in [7, 11) is 0. The summed E-state index contributed by atoms with van der Waals surface area (Å²) in [6, 6.07) is 0. The Balaban J connectivity index is 3.06. The summed E-state index contributed by atoms with van der Waals surface area (Å²) in [4.78, 5) is 10.4. The molecule has 138 valence electrons. The first kappa shape index (κ1) is 22.4. The molecule has 0 unspecified atom stereocenters. The zero-order chi connectivity index (χ0) is 17.2. The number of carbonyl (C=O) groups is 1. The van der Waals surface area contributed by atoms with Crippen LogP contribution in [0.3, 0.4) is 0 Å². The molecule has 0 bridgehead atoms. The molecule has 0 saturated heterocycles. The van der Waals surface area contributed by atoms with Gasteiger partial charge < -0.3 is 15.3 Å². The Kier molecular flexibility index (Phi) is 17.3. The molecule has 0 heterocycles. The fraction of sp³-hybridized carbons (Fsp3) is 0.947. The lowest BCUT2D eigenvalue weighted by atomic mass is 10.0. The van der Waals surface area contributed by atoms with Crippen LogP contribution < -0.4 is 0 Å². The third kappa shape index (κ3) is 19.3. The van der Waals surface area contributed by atoms with Crippen molar-refractivity contribution < 1.29 is 20.1 Å². The van der Waals surface area contributed by atoms with Crippen molar-refractivity contribution >= 4 is 5.97 Å². The lowest BCUT2D eigenvalue weighted by molar-refractivity contribution is -0.139. The van der Waals surface area contributed by atoms with Crippen molar-refractivity contribution in [2.75, 3.05) is 6.61 Å². The Hall–Kier alpha value is -0.610. The van der Waals surface area contributed by atoms with Gasteiger partial charge in [0.1, 0.15) is 0 Å². The van der Waals surface area contributed by atoms with E-state index in [1.54, 1.807) is 0 Å². The first-order valence-corrected chi connectivity index (χ1v) is 9.67. The maximum absolute atomic E-state index is 10.4. The molecule has 1 atom stereocenters. The molecule has 4 nitrogen and oxygen atoms in total. The smallest absolute Gasteiger partial charge is 0.305 e. The molecule has 0 rings (SSSR count). The van der Waals surface area contributed by atoms with Crippen molar-refractivity contribution in [3.8, 4) is 0 Å². The SMILES string of the molecule is O=C(O)C[C@H](O)CCCCCCCCCCCCCCCCO. The summed E-state index contributed by atoms with van der Waals surface area (Å²) in [5, 5.41) is 26.7. The van der Waals surface area contributed by atoms with Crippen LogP contribution in [0.1, 0.15) is 103 Å². The topological polar surface area (TPSA) is 77.8 Å². The number of hydrogen-bond donors (Lipinski definition) is 3. The molecule has 0 aliphatic carbocycles. The second-order valence-electron chi connectivity index (χ2n) is 6.71. The molecule has 23 heavy (non-hydrogen) atoms. The van der Waals surface area contributed by atoms with E-state index in [0.717, 1.165) is 19.3 Å². The van der Waals surface area contributed by atoms with E-state index in [9.17, 15) is 9.90 Å². The molecule has 0 aromatic rings. The fourth-order valence-electron chi connectivity index (χ4n) is 2.92. The number of rotatable bonds is 18. The summed E-state index contributed by atoms with van der Waals surface area (Å²) in [6.07, 6.45) is 17.0. The van der Waals surface area contributed by atoms with Crippen LogP contribution in [0.2, 0.25) is 0 Å². The van der Waals surface area contributed by atoms with Crippen LogP contribution in [0.15, 0.2) is 0 Å². The Morgan fingerprint density at radius 1 is 0.652 bits per heavy atom. The highest BCUT2D eigenvalue weighted by molar-refractivity contribution is 5.67. The van der Waals surface area contributed by atoms with Crippen molar-refractivity contribution in [1.82, 2.24) is 0 Å². The van der Waals surface area contributed by atoms with Gasteiger partial charge in [0.25, 0.3) is 0 Å². The van der Waals surface area contributed by atoms with E-state index in [-0.39, 0.29) is 6.42 Å². The Labute approximate surface area is 142 Å². The van der Waals surface area contributed by atoms with Crippen LogP contribution in [-0.2, 0) is 4.79 Å². The second-order valence-corrected chi connectivity index (χ2v) is 6.71. The minimum Gasteiger partial charge on any atom is -0.481 e. The molecular weight excluding hydrogens is 292 g/mol. The van der Waals surface area contributed by atoms with Gasteiger partial charge in [-0.2, -0.15) is 0 Å². The van der Waals surface area contributed by atoms with Gasteiger partial charge in [-0.15, -0.1) is 0 Å². The number of aliphatic carboxylic acids is 1. The Morgan fingerprint density at radius 3 is 1.35 bits per heavy atom. The quantitative estimate of drug-likeness (QED) is 0.319. The summed E-state index contributed by atoms with van der Waals surface area (Å²) >= 11 is 0. The molecule has 4 heteroatoms. The van der Waals surface area contributed by atoms with Crippen LogP contribution >= 0.6 is 0 Å². The summed E-state index contributed by atoms with van der Waals surface area (Å²) in [5.74, 6) is -0.914. The second kappa shape index (κ2) is 17.7. The Bertz CT molecular complexity index is 256. The van der Waals surface area contributed by atoms with Crippen molar-refractivity contribution in [2.45, 2.75) is 109 Å². The standard InChI is InChI=1S/C19H38O4/c20-16-14-12-10-8-6-4-2-1-3-5-7-9-11-13-15-18(21)17-19(22)23/h18,20-21H,1-17H2,(H,22,23)/t18-/m1/s1. The fourth-order valence-corrected chi connectivity index (χ4v) is 2.92. The van der Waals surface area contributed by atoms with Gasteiger partial charge in [-0.05, 0) is 12.8 Å². The predicted octanol–water partition coefficient (Wildman–Crippen LogP) is 4.67. The van der Waals surface area contributed by atoms with E-state index in [1.807, 2.05) is 0 Å². The molecule has 0 radical (unpaired) electrons. The number of aliphatic hydroxyl groups is 2. The highest BCUT2D eigenvalue weighted by Gasteiger charge is 2.08. The third-order valence-electron chi connectivity index (χ3n) is 4.36. The van der Waals surface area contributed by atoms with Crippen molar-refractivity contribution in [3.05, 3.63) is 0 Å². The zero-order valence-electron chi connectivity index (χ0n) is 14.8. The van der Waals surface area contributed by atoms with Crippen LogP contribution in [0.5, 0.6) is 0 Å².